The van der Waals surface area contributed by atoms with Crippen LogP contribution in [0.5, 0.6) is 0 Å². The SMILES string of the molecule is CC(C)CCN(CCC(C)C)C(=O)CSc1nc2ccc(Cl)cc2[nH]1. The lowest BCUT2D eigenvalue weighted by Crippen LogP contribution is -2.35. The zero-order chi connectivity index (χ0) is 18.4. The molecule has 1 aromatic carbocycles. The molecule has 0 spiro atoms. The molecule has 2 aromatic rings. The normalized spacial score (nSPS) is 11.6. The summed E-state index contributed by atoms with van der Waals surface area (Å²) >= 11 is 7.46. The molecule has 0 unspecified atom stereocenters. The first-order valence-corrected chi connectivity index (χ1v) is 10.3. The van der Waals surface area contributed by atoms with E-state index in [0.29, 0.717) is 22.6 Å². The third kappa shape index (κ3) is 6.55. The van der Waals surface area contributed by atoms with Crippen molar-refractivity contribution in [3.63, 3.8) is 0 Å². The molecular weight excluding hydrogens is 354 g/mol. The minimum absolute atomic E-state index is 0.185. The second-order valence-corrected chi connectivity index (χ2v) is 8.64. The van der Waals surface area contributed by atoms with Crippen molar-refractivity contribution >= 4 is 40.3 Å². The summed E-state index contributed by atoms with van der Waals surface area (Å²) in [5.74, 6) is 1.79. The topological polar surface area (TPSA) is 49.0 Å². The second-order valence-electron chi connectivity index (χ2n) is 7.24. The average molecular weight is 382 g/mol. The number of fused-ring (bicyclic) bond motifs is 1. The van der Waals surface area contributed by atoms with Crippen LogP contribution in [-0.2, 0) is 4.79 Å². The van der Waals surface area contributed by atoms with E-state index in [1.807, 2.05) is 23.1 Å². The van der Waals surface area contributed by atoms with E-state index in [9.17, 15) is 4.79 Å². The molecule has 25 heavy (non-hydrogen) atoms. The average Bonchev–Trinajstić information content (AvgIpc) is 2.94. The number of benzene rings is 1. The minimum atomic E-state index is 0.185. The van der Waals surface area contributed by atoms with Crippen LogP contribution in [0.1, 0.15) is 40.5 Å². The van der Waals surface area contributed by atoms with E-state index in [1.54, 1.807) is 0 Å². The highest BCUT2D eigenvalue weighted by Gasteiger charge is 2.16. The van der Waals surface area contributed by atoms with E-state index in [0.717, 1.165) is 42.1 Å². The van der Waals surface area contributed by atoms with Crippen LogP contribution in [0.3, 0.4) is 0 Å². The summed E-state index contributed by atoms with van der Waals surface area (Å²) in [7, 11) is 0. The molecule has 1 amide bonds. The lowest BCUT2D eigenvalue weighted by Gasteiger charge is -2.24. The van der Waals surface area contributed by atoms with Gasteiger partial charge >= 0.3 is 0 Å². The number of H-pyrrole nitrogens is 1. The number of carbonyl (C=O) groups excluding carboxylic acids is 1. The first-order valence-electron chi connectivity index (χ1n) is 8.91. The zero-order valence-corrected chi connectivity index (χ0v) is 17.1. The van der Waals surface area contributed by atoms with Gasteiger partial charge in [-0.25, -0.2) is 4.98 Å². The third-order valence-corrected chi connectivity index (χ3v) is 5.15. The molecule has 0 aliphatic rings. The van der Waals surface area contributed by atoms with Crippen molar-refractivity contribution in [3.05, 3.63) is 23.2 Å². The quantitative estimate of drug-likeness (QED) is 0.605. The second kappa shape index (κ2) is 9.48. The molecule has 0 radical (unpaired) electrons. The van der Waals surface area contributed by atoms with E-state index >= 15 is 0 Å². The Morgan fingerprint density at radius 1 is 1.20 bits per heavy atom. The van der Waals surface area contributed by atoms with Crippen LogP contribution in [0.2, 0.25) is 5.02 Å². The lowest BCUT2D eigenvalue weighted by molar-refractivity contribution is -0.128. The summed E-state index contributed by atoms with van der Waals surface area (Å²) in [4.78, 5) is 22.4. The number of thioether (sulfide) groups is 1. The summed E-state index contributed by atoms with van der Waals surface area (Å²) in [6.45, 7) is 10.4. The monoisotopic (exact) mass is 381 g/mol. The molecule has 1 aromatic heterocycles. The summed E-state index contributed by atoms with van der Waals surface area (Å²) in [5.41, 5.74) is 1.77. The molecule has 0 saturated heterocycles. The molecule has 0 aliphatic heterocycles. The number of nitrogens with one attached hydrogen (secondary N) is 1. The number of halogens is 1. The Hall–Kier alpha value is -1.20. The number of carbonyl (C=O) groups is 1. The fraction of sp³-hybridized carbons (Fsp3) is 0.579. The molecule has 0 atom stereocenters. The van der Waals surface area contributed by atoms with Gasteiger partial charge in [-0.2, -0.15) is 0 Å². The number of aromatic amines is 1. The van der Waals surface area contributed by atoms with Crippen molar-refractivity contribution < 1.29 is 4.79 Å². The summed E-state index contributed by atoms with van der Waals surface area (Å²) < 4.78 is 0. The van der Waals surface area contributed by atoms with E-state index in [2.05, 4.69) is 37.7 Å². The van der Waals surface area contributed by atoms with Crippen LogP contribution in [0.25, 0.3) is 11.0 Å². The van der Waals surface area contributed by atoms with E-state index in [1.165, 1.54) is 11.8 Å². The minimum Gasteiger partial charge on any atom is -0.342 e. The van der Waals surface area contributed by atoms with Gasteiger partial charge in [0.25, 0.3) is 0 Å². The van der Waals surface area contributed by atoms with Crippen molar-refractivity contribution in [3.8, 4) is 0 Å². The van der Waals surface area contributed by atoms with Gasteiger partial charge in [0, 0.05) is 18.1 Å². The van der Waals surface area contributed by atoms with Crippen LogP contribution in [0, 0.1) is 11.8 Å². The number of imidazole rings is 1. The number of hydrogen-bond donors (Lipinski definition) is 1. The molecule has 0 fully saturated rings. The molecule has 0 bridgehead atoms. The highest BCUT2D eigenvalue weighted by Crippen LogP contribution is 2.22. The standard InChI is InChI=1S/C19H28ClN3OS/c1-13(2)7-9-23(10-8-14(3)4)18(24)12-25-19-21-16-6-5-15(20)11-17(16)22-19/h5-6,11,13-14H,7-10,12H2,1-4H3,(H,21,22). The maximum absolute atomic E-state index is 12.7. The Bertz CT molecular complexity index is 687. The van der Waals surface area contributed by atoms with Crippen LogP contribution >= 0.6 is 23.4 Å². The largest absolute Gasteiger partial charge is 0.342 e. The summed E-state index contributed by atoms with van der Waals surface area (Å²) in [6, 6.07) is 5.56. The first-order chi connectivity index (χ1) is 11.8. The highest BCUT2D eigenvalue weighted by molar-refractivity contribution is 7.99. The molecule has 1 N–H and O–H groups in total. The Kier molecular flexibility index (Phi) is 7.63. The van der Waals surface area contributed by atoms with Gasteiger partial charge in [0.15, 0.2) is 5.16 Å². The Labute approximate surface area is 159 Å². The Morgan fingerprint density at radius 3 is 2.44 bits per heavy atom. The van der Waals surface area contributed by atoms with Gasteiger partial charge in [-0.1, -0.05) is 51.1 Å². The molecule has 0 aliphatic carbocycles. The molecule has 2 rings (SSSR count). The van der Waals surface area contributed by atoms with Crippen molar-refractivity contribution in [1.29, 1.82) is 0 Å². The van der Waals surface area contributed by atoms with Crippen LogP contribution in [0.15, 0.2) is 23.4 Å². The number of rotatable bonds is 9. The van der Waals surface area contributed by atoms with E-state index in [4.69, 9.17) is 11.6 Å². The van der Waals surface area contributed by atoms with Gasteiger partial charge in [0.05, 0.1) is 16.8 Å². The number of hydrogen-bond acceptors (Lipinski definition) is 3. The van der Waals surface area contributed by atoms with Gasteiger partial charge in [0.2, 0.25) is 5.91 Å². The summed E-state index contributed by atoms with van der Waals surface area (Å²) in [6.07, 6.45) is 2.08. The number of nitrogens with zero attached hydrogens (tertiary/aromatic N) is 2. The highest BCUT2D eigenvalue weighted by atomic mass is 35.5. The smallest absolute Gasteiger partial charge is 0.233 e. The predicted octanol–water partition coefficient (Wildman–Crippen LogP) is 5.23. The van der Waals surface area contributed by atoms with Crippen molar-refractivity contribution in [2.45, 2.75) is 45.7 Å². The molecule has 138 valence electrons. The van der Waals surface area contributed by atoms with Crippen LogP contribution in [-0.4, -0.2) is 39.6 Å². The predicted molar refractivity (Wildman–Crippen MR) is 107 cm³/mol. The number of aromatic nitrogens is 2. The molecule has 1 heterocycles. The van der Waals surface area contributed by atoms with Gasteiger partial charge in [-0.15, -0.1) is 0 Å². The van der Waals surface area contributed by atoms with Crippen LogP contribution < -0.4 is 0 Å². The lowest BCUT2D eigenvalue weighted by atomic mass is 10.1. The maximum Gasteiger partial charge on any atom is 0.233 e. The van der Waals surface area contributed by atoms with E-state index < -0.39 is 0 Å². The maximum atomic E-state index is 12.7. The Balaban J connectivity index is 1.95. The van der Waals surface area contributed by atoms with Crippen molar-refractivity contribution in [1.82, 2.24) is 14.9 Å². The Morgan fingerprint density at radius 2 is 1.84 bits per heavy atom. The van der Waals surface area contributed by atoms with Gasteiger partial charge in [0.1, 0.15) is 0 Å². The van der Waals surface area contributed by atoms with Crippen molar-refractivity contribution in [2.24, 2.45) is 11.8 Å². The van der Waals surface area contributed by atoms with E-state index in [-0.39, 0.29) is 5.91 Å². The molecular formula is C19H28ClN3OS. The molecule has 6 heteroatoms. The van der Waals surface area contributed by atoms with Crippen molar-refractivity contribution in [2.75, 3.05) is 18.8 Å². The summed E-state index contributed by atoms with van der Waals surface area (Å²) in [5, 5.41) is 1.44. The van der Waals surface area contributed by atoms with Gasteiger partial charge in [-0.3, -0.25) is 4.79 Å². The third-order valence-electron chi connectivity index (χ3n) is 4.06. The van der Waals surface area contributed by atoms with Gasteiger partial charge < -0.3 is 9.88 Å². The molecule has 0 saturated carbocycles. The number of amides is 1. The fourth-order valence-corrected chi connectivity index (χ4v) is 3.40. The van der Waals surface area contributed by atoms with Gasteiger partial charge in [-0.05, 0) is 42.9 Å². The molecule has 4 nitrogen and oxygen atoms in total. The zero-order valence-electron chi connectivity index (χ0n) is 15.5. The van der Waals surface area contributed by atoms with Crippen LogP contribution in [0.4, 0.5) is 0 Å². The fourth-order valence-electron chi connectivity index (χ4n) is 2.44. The first kappa shape index (κ1) is 20.1.